The number of nitrogens with one attached hydrogen (secondary N) is 1. The molecule has 1 aromatic rings. The number of anilines is 1. The molecule has 122 valence electrons. The molecular weight excluding hydrogens is 288 g/mol. The molecule has 0 aliphatic heterocycles. The van der Waals surface area contributed by atoms with Crippen molar-refractivity contribution in [1.82, 2.24) is 5.32 Å². The Hall–Kier alpha value is -2.28. The normalized spacial score (nSPS) is 13.9. The predicted octanol–water partition coefficient (Wildman–Crippen LogP) is 1.37. The molecule has 0 aromatic heterocycles. The van der Waals surface area contributed by atoms with Crippen LogP contribution < -0.4 is 11.1 Å². The van der Waals surface area contributed by atoms with E-state index in [0.717, 1.165) is 7.11 Å². The van der Waals surface area contributed by atoms with E-state index in [1.54, 1.807) is 45.0 Å². The number of methoxy groups -OCH3 is 1. The molecule has 0 heterocycles. The lowest BCUT2D eigenvalue weighted by molar-refractivity contribution is -0.146. The molecule has 22 heavy (non-hydrogen) atoms. The largest absolute Gasteiger partial charge is 0.467 e. The summed E-state index contributed by atoms with van der Waals surface area (Å²) in [7, 11) is 1.16. The zero-order valence-electron chi connectivity index (χ0n) is 13.1. The number of para-hydroxylation sites is 1. The molecule has 2 atom stereocenters. The predicted molar refractivity (Wildman–Crippen MR) is 81.0 cm³/mol. The Morgan fingerprint density at radius 1 is 1.27 bits per heavy atom. The molecular formula is C15H22N2O5. The molecule has 1 amide bonds. The van der Waals surface area contributed by atoms with Crippen LogP contribution in [0.15, 0.2) is 24.3 Å². The summed E-state index contributed by atoms with van der Waals surface area (Å²) in [6.07, 6.45) is -2.20. The number of hydrogen-bond acceptors (Lipinski definition) is 6. The molecule has 0 saturated heterocycles. The van der Waals surface area contributed by atoms with Gasteiger partial charge in [0, 0.05) is 11.3 Å². The zero-order valence-corrected chi connectivity index (χ0v) is 13.1. The van der Waals surface area contributed by atoms with Crippen LogP contribution in [0, 0.1) is 0 Å². The molecule has 0 radical (unpaired) electrons. The summed E-state index contributed by atoms with van der Waals surface area (Å²) < 4.78 is 9.69. The third-order valence-electron chi connectivity index (χ3n) is 2.76. The average molecular weight is 310 g/mol. The van der Waals surface area contributed by atoms with Crippen LogP contribution in [0.1, 0.15) is 32.4 Å². The van der Waals surface area contributed by atoms with Gasteiger partial charge in [-0.25, -0.2) is 9.59 Å². The van der Waals surface area contributed by atoms with E-state index in [2.05, 4.69) is 10.1 Å². The van der Waals surface area contributed by atoms with Crippen LogP contribution >= 0.6 is 0 Å². The first-order valence-electron chi connectivity index (χ1n) is 6.75. The van der Waals surface area contributed by atoms with Crippen LogP contribution in [0.25, 0.3) is 0 Å². The minimum atomic E-state index is -1.36. The topological polar surface area (TPSA) is 111 Å². The van der Waals surface area contributed by atoms with Gasteiger partial charge < -0.3 is 25.6 Å². The smallest absolute Gasteiger partial charge is 0.408 e. The molecule has 0 fully saturated rings. The Labute approximate surface area is 129 Å². The van der Waals surface area contributed by atoms with Gasteiger partial charge in [-0.1, -0.05) is 18.2 Å². The van der Waals surface area contributed by atoms with Crippen LogP contribution in [-0.4, -0.2) is 35.9 Å². The number of nitrogen functional groups attached to an aromatic ring is 1. The van der Waals surface area contributed by atoms with Gasteiger partial charge in [-0.15, -0.1) is 0 Å². The minimum Gasteiger partial charge on any atom is -0.467 e. The van der Waals surface area contributed by atoms with Crippen LogP contribution in [0.4, 0.5) is 10.5 Å². The van der Waals surface area contributed by atoms with Crippen molar-refractivity contribution in [2.24, 2.45) is 0 Å². The molecule has 7 heteroatoms. The number of alkyl carbamates (subject to hydrolysis) is 1. The first-order chi connectivity index (χ1) is 10.2. The Bertz CT molecular complexity index is 539. The van der Waals surface area contributed by atoms with Crippen molar-refractivity contribution in [2.75, 3.05) is 12.8 Å². The summed E-state index contributed by atoms with van der Waals surface area (Å²) >= 11 is 0. The highest BCUT2D eigenvalue weighted by atomic mass is 16.6. The number of carbonyl (C=O) groups excluding carboxylic acids is 2. The van der Waals surface area contributed by atoms with Gasteiger partial charge >= 0.3 is 12.1 Å². The maximum atomic E-state index is 11.8. The number of nitrogens with two attached hydrogens (primary N) is 1. The molecule has 0 unspecified atom stereocenters. The van der Waals surface area contributed by atoms with E-state index in [1.165, 1.54) is 0 Å². The maximum absolute atomic E-state index is 11.8. The molecule has 1 rings (SSSR count). The monoisotopic (exact) mass is 310 g/mol. The highest BCUT2D eigenvalue weighted by Crippen LogP contribution is 2.23. The highest BCUT2D eigenvalue weighted by molar-refractivity contribution is 5.82. The van der Waals surface area contributed by atoms with E-state index in [9.17, 15) is 14.7 Å². The lowest BCUT2D eigenvalue weighted by atomic mass is 10.0. The van der Waals surface area contributed by atoms with Gasteiger partial charge in [-0.3, -0.25) is 0 Å². The second-order valence-corrected chi connectivity index (χ2v) is 5.72. The minimum absolute atomic E-state index is 0.301. The molecule has 1 aromatic carbocycles. The van der Waals surface area contributed by atoms with Crippen molar-refractivity contribution >= 4 is 17.7 Å². The summed E-state index contributed by atoms with van der Waals surface area (Å²) in [5, 5.41) is 12.7. The molecule has 7 nitrogen and oxygen atoms in total. The first kappa shape index (κ1) is 17.8. The third kappa shape index (κ3) is 4.92. The van der Waals surface area contributed by atoms with Gasteiger partial charge in [0.25, 0.3) is 0 Å². The average Bonchev–Trinajstić information content (AvgIpc) is 2.42. The Kier molecular flexibility index (Phi) is 5.76. The van der Waals surface area contributed by atoms with Crippen molar-refractivity contribution in [3.63, 3.8) is 0 Å². The van der Waals surface area contributed by atoms with E-state index in [1.807, 2.05) is 0 Å². The summed E-state index contributed by atoms with van der Waals surface area (Å²) in [4.78, 5) is 23.7. The lowest BCUT2D eigenvalue weighted by Gasteiger charge is -2.25. The number of carbonyl (C=O) groups is 2. The van der Waals surface area contributed by atoms with Gasteiger partial charge in [0.1, 0.15) is 11.7 Å². The second-order valence-electron chi connectivity index (χ2n) is 5.72. The van der Waals surface area contributed by atoms with Gasteiger partial charge in [0.2, 0.25) is 0 Å². The molecule has 0 aliphatic carbocycles. The number of ether oxygens (including phenoxy) is 2. The lowest BCUT2D eigenvalue weighted by Crippen LogP contribution is -2.47. The number of aliphatic hydroxyl groups is 1. The molecule has 0 aliphatic rings. The van der Waals surface area contributed by atoms with Crippen LogP contribution in [0.2, 0.25) is 0 Å². The fourth-order valence-corrected chi connectivity index (χ4v) is 1.79. The van der Waals surface area contributed by atoms with Crippen LogP contribution in [0.3, 0.4) is 0 Å². The molecule has 0 spiro atoms. The molecule has 4 N–H and O–H groups in total. The number of aliphatic hydroxyl groups excluding tert-OH is 1. The summed E-state index contributed by atoms with van der Waals surface area (Å²) in [6.45, 7) is 5.06. The van der Waals surface area contributed by atoms with Crippen molar-refractivity contribution in [2.45, 2.75) is 38.5 Å². The summed E-state index contributed by atoms with van der Waals surface area (Å²) in [6, 6.07) is 5.17. The Balaban J connectivity index is 2.96. The van der Waals surface area contributed by atoms with Crippen molar-refractivity contribution in [3.8, 4) is 0 Å². The van der Waals surface area contributed by atoms with E-state index in [4.69, 9.17) is 10.5 Å². The molecule has 0 bridgehead atoms. The van der Waals surface area contributed by atoms with Crippen LogP contribution in [-0.2, 0) is 14.3 Å². The van der Waals surface area contributed by atoms with E-state index >= 15 is 0 Å². The first-order valence-corrected chi connectivity index (χ1v) is 6.75. The SMILES string of the molecule is COC(=O)[C@@H](NC(=O)OC(C)(C)C)[C@@H](O)c1ccccc1N. The number of benzene rings is 1. The zero-order chi connectivity index (χ0) is 16.9. The van der Waals surface area contributed by atoms with Gasteiger partial charge in [-0.05, 0) is 26.8 Å². The van der Waals surface area contributed by atoms with Gasteiger partial charge in [0.05, 0.1) is 7.11 Å². The summed E-state index contributed by atoms with van der Waals surface area (Å²) in [5.41, 5.74) is 5.66. The van der Waals surface area contributed by atoms with Crippen molar-refractivity contribution < 1.29 is 24.2 Å². The highest BCUT2D eigenvalue weighted by Gasteiger charge is 2.33. The van der Waals surface area contributed by atoms with E-state index in [-0.39, 0.29) is 0 Å². The van der Waals surface area contributed by atoms with Gasteiger partial charge in [0.15, 0.2) is 6.04 Å². The maximum Gasteiger partial charge on any atom is 0.408 e. The number of amides is 1. The number of hydrogen-bond donors (Lipinski definition) is 3. The fourth-order valence-electron chi connectivity index (χ4n) is 1.79. The Morgan fingerprint density at radius 3 is 2.36 bits per heavy atom. The third-order valence-corrected chi connectivity index (χ3v) is 2.76. The van der Waals surface area contributed by atoms with E-state index in [0.29, 0.717) is 11.3 Å². The van der Waals surface area contributed by atoms with E-state index < -0.39 is 29.8 Å². The number of esters is 1. The quantitative estimate of drug-likeness (QED) is 0.572. The fraction of sp³-hybridized carbons (Fsp3) is 0.467. The molecule has 0 saturated carbocycles. The Morgan fingerprint density at radius 2 is 1.86 bits per heavy atom. The summed E-state index contributed by atoms with van der Waals surface area (Å²) in [5.74, 6) is -0.804. The second kappa shape index (κ2) is 7.13. The standard InChI is InChI=1S/C15H22N2O5/c1-15(2,3)22-14(20)17-11(13(19)21-4)12(18)9-7-5-6-8-10(9)16/h5-8,11-12,18H,16H2,1-4H3,(H,17,20)/t11-,12-/m0/s1. The van der Waals surface area contributed by atoms with Crippen molar-refractivity contribution in [3.05, 3.63) is 29.8 Å². The number of rotatable bonds is 4. The van der Waals surface area contributed by atoms with Gasteiger partial charge in [-0.2, -0.15) is 0 Å². The van der Waals surface area contributed by atoms with Crippen LogP contribution in [0.5, 0.6) is 0 Å². The van der Waals surface area contributed by atoms with Crippen molar-refractivity contribution in [1.29, 1.82) is 0 Å².